The number of carbonyl (C=O) groups excluding carboxylic acids is 2. The summed E-state index contributed by atoms with van der Waals surface area (Å²) in [6.07, 6.45) is 10.1. The fourth-order valence-corrected chi connectivity index (χ4v) is 3.69. The average Bonchev–Trinajstić information content (AvgIpc) is 3.27. The van der Waals surface area contributed by atoms with E-state index in [-0.39, 0.29) is 17.7 Å². The van der Waals surface area contributed by atoms with Gasteiger partial charge in [0.15, 0.2) is 0 Å². The third-order valence-electron chi connectivity index (χ3n) is 5.67. The Balaban J connectivity index is 1.55. The van der Waals surface area contributed by atoms with Gasteiger partial charge < -0.3 is 16.0 Å². The lowest BCUT2D eigenvalue weighted by Crippen LogP contribution is -2.37. The van der Waals surface area contributed by atoms with E-state index in [1.165, 1.54) is 0 Å². The van der Waals surface area contributed by atoms with Crippen LogP contribution in [0.1, 0.15) is 40.7 Å². The van der Waals surface area contributed by atoms with Crippen molar-refractivity contribution >= 4 is 23.0 Å². The molecule has 1 aromatic carbocycles. The first kappa shape index (κ1) is 22.0. The molecule has 0 aliphatic heterocycles. The first-order chi connectivity index (χ1) is 15.9. The van der Waals surface area contributed by atoms with Gasteiger partial charge in [-0.3, -0.25) is 9.59 Å². The van der Waals surface area contributed by atoms with E-state index in [9.17, 15) is 9.59 Å². The zero-order chi connectivity index (χ0) is 23.5. The molecule has 2 amide bonds. The number of aromatic nitrogens is 2. The Morgan fingerprint density at radius 2 is 2.06 bits per heavy atom. The normalized spacial score (nSPS) is 16.1. The Morgan fingerprint density at radius 3 is 2.70 bits per heavy atom. The Morgan fingerprint density at radius 1 is 1.30 bits per heavy atom. The number of hydrogen-bond donors (Lipinski definition) is 2. The summed E-state index contributed by atoms with van der Waals surface area (Å²) in [6, 6.07) is 12.0. The van der Waals surface area contributed by atoms with Crippen LogP contribution < -0.4 is 16.0 Å². The maximum Gasteiger partial charge on any atom is 0.258 e. The minimum Gasteiger partial charge on any atom is -0.325 e. The van der Waals surface area contributed by atoms with E-state index in [1.54, 1.807) is 59.9 Å². The molecule has 0 bridgehead atoms. The zero-order valence-corrected chi connectivity index (χ0v) is 18.4. The molecule has 2 heterocycles. The number of pyridine rings is 1. The first-order valence-corrected chi connectivity index (χ1v) is 10.6. The largest absolute Gasteiger partial charge is 0.325 e. The highest BCUT2D eigenvalue weighted by atomic mass is 16.2. The van der Waals surface area contributed by atoms with Crippen LogP contribution in [-0.2, 0) is 4.79 Å². The van der Waals surface area contributed by atoms with Crippen LogP contribution >= 0.6 is 0 Å². The number of rotatable bonds is 5. The second kappa shape index (κ2) is 9.10. The molecule has 0 fully saturated rings. The summed E-state index contributed by atoms with van der Waals surface area (Å²) in [5.41, 5.74) is 9.96. The van der Waals surface area contributed by atoms with Gasteiger partial charge >= 0.3 is 0 Å². The highest BCUT2D eigenvalue weighted by Gasteiger charge is 2.20. The summed E-state index contributed by atoms with van der Waals surface area (Å²) < 4.78 is 1.75. The predicted octanol–water partition coefficient (Wildman–Crippen LogP) is 2.87. The van der Waals surface area contributed by atoms with Crippen molar-refractivity contribution in [1.82, 2.24) is 14.9 Å². The van der Waals surface area contributed by atoms with Crippen LogP contribution in [0.15, 0.2) is 72.7 Å². The second-order valence-electron chi connectivity index (χ2n) is 8.01. The van der Waals surface area contributed by atoms with Crippen molar-refractivity contribution in [2.24, 2.45) is 5.73 Å². The van der Waals surface area contributed by atoms with Crippen molar-refractivity contribution in [3.8, 4) is 6.07 Å². The van der Waals surface area contributed by atoms with E-state index in [4.69, 9.17) is 11.0 Å². The fraction of sp³-hybridized carbons (Fsp3) is 0.200. The fourth-order valence-electron chi connectivity index (χ4n) is 3.69. The summed E-state index contributed by atoms with van der Waals surface area (Å²) >= 11 is 0. The van der Waals surface area contributed by atoms with Crippen molar-refractivity contribution in [3.05, 3.63) is 89.4 Å². The number of benzene rings is 1. The van der Waals surface area contributed by atoms with Crippen molar-refractivity contribution in [2.75, 3.05) is 11.9 Å². The number of carbonyl (C=O) groups is 2. The summed E-state index contributed by atoms with van der Waals surface area (Å²) in [6.45, 7) is 1.64. The van der Waals surface area contributed by atoms with Gasteiger partial charge in [-0.1, -0.05) is 12.2 Å². The second-order valence-corrected chi connectivity index (χ2v) is 8.01. The lowest BCUT2D eigenvalue weighted by molar-refractivity contribution is -0.121. The molecule has 166 valence electrons. The summed E-state index contributed by atoms with van der Waals surface area (Å²) in [5.74, 6) is -0.315. The van der Waals surface area contributed by atoms with Crippen LogP contribution in [0.5, 0.6) is 0 Å². The van der Waals surface area contributed by atoms with Crippen molar-refractivity contribution in [3.63, 3.8) is 0 Å². The predicted molar refractivity (Wildman–Crippen MR) is 125 cm³/mol. The van der Waals surface area contributed by atoms with Gasteiger partial charge in [-0.25, -0.2) is 4.52 Å². The van der Waals surface area contributed by atoms with E-state index in [1.807, 2.05) is 30.5 Å². The Kier molecular flexibility index (Phi) is 6.07. The maximum absolute atomic E-state index is 13.1. The number of fused-ring (bicyclic) bond motifs is 1. The van der Waals surface area contributed by atoms with Gasteiger partial charge in [0.25, 0.3) is 5.91 Å². The van der Waals surface area contributed by atoms with Gasteiger partial charge in [0.05, 0.1) is 29.4 Å². The molecule has 2 aromatic heterocycles. The van der Waals surface area contributed by atoms with E-state index in [0.717, 1.165) is 16.8 Å². The van der Waals surface area contributed by atoms with Gasteiger partial charge in [0.1, 0.15) is 0 Å². The number of nitriles is 1. The van der Waals surface area contributed by atoms with E-state index in [2.05, 4.69) is 16.5 Å². The molecule has 8 nitrogen and oxygen atoms in total. The van der Waals surface area contributed by atoms with E-state index < -0.39 is 6.04 Å². The molecule has 2 atom stereocenters. The van der Waals surface area contributed by atoms with Crippen LogP contribution in [0.2, 0.25) is 0 Å². The number of allylic oxidation sites excluding steroid dienone is 3. The van der Waals surface area contributed by atoms with Crippen molar-refractivity contribution in [2.45, 2.75) is 25.3 Å². The van der Waals surface area contributed by atoms with Gasteiger partial charge in [-0.05, 0) is 55.8 Å². The average molecular weight is 441 g/mol. The number of nitrogens with one attached hydrogen (secondary N) is 1. The molecule has 0 radical (unpaired) electrons. The highest BCUT2D eigenvalue weighted by molar-refractivity contribution is 6.06. The van der Waals surface area contributed by atoms with Crippen LogP contribution in [0.25, 0.3) is 5.52 Å². The zero-order valence-electron chi connectivity index (χ0n) is 18.4. The summed E-state index contributed by atoms with van der Waals surface area (Å²) in [5, 5.41) is 16.2. The maximum atomic E-state index is 13.1. The van der Waals surface area contributed by atoms with Crippen LogP contribution in [0.4, 0.5) is 5.69 Å². The van der Waals surface area contributed by atoms with Gasteiger partial charge in [-0.15, -0.1) is 0 Å². The third kappa shape index (κ3) is 4.54. The Labute approximate surface area is 191 Å². The molecule has 8 heteroatoms. The number of nitrogens with two attached hydrogens (primary N) is 1. The first-order valence-electron chi connectivity index (χ1n) is 10.6. The molecule has 33 heavy (non-hydrogen) atoms. The molecular formula is C25H24N6O2. The number of hydrogen-bond acceptors (Lipinski definition) is 5. The molecule has 0 saturated carbocycles. The molecule has 0 saturated heterocycles. The number of anilines is 1. The van der Waals surface area contributed by atoms with E-state index in [0.29, 0.717) is 23.2 Å². The van der Waals surface area contributed by atoms with Crippen molar-refractivity contribution < 1.29 is 9.59 Å². The number of nitrogens with zero attached hydrogens (tertiary/aromatic N) is 4. The topological polar surface area (TPSA) is 117 Å². The molecule has 2 unspecified atom stereocenters. The quantitative estimate of drug-likeness (QED) is 0.633. The lowest BCUT2D eigenvalue weighted by Gasteiger charge is -2.18. The van der Waals surface area contributed by atoms with Gasteiger partial charge in [0.2, 0.25) is 5.91 Å². The lowest BCUT2D eigenvalue weighted by atomic mass is 9.92. The SMILES string of the molecule is CC(N)C(=O)NC1=CCC(c2cnn3ccc(C(=O)N(C)c4ccc(C#N)cc4)cc23)C=C1. The highest BCUT2D eigenvalue weighted by Crippen LogP contribution is 2.30. The minimum atomic E-state index is -0.574. The third-order valence-corrected chi connectivity index (χ3v) is 5.67. The van der Waals surface area contributed by atoms with E-state index >= 15 is 0 Å². The molecule has 3 aromatic rings. The molecule has 3 N–H and O–H groups in total. The van der Waals surface area contributed by atoms with Crippen LogP contribution in [0.3, 0.4) is 0 Å². The summed E-state index contributed by atoms with van der Waals surface area (Å²) in [7, 11) is 1.71. The smallest absolute Gasteiger partial charge is 0.258 e. The van der Waals surface area contributed by atoms with Crippen molar-refractivity contribution in [1.29, 1.82) is 5.26 Å². The minimum absolute atomic E-state index is 0.0695. The molecule has 1 aliphatic rings. The number of amides is 2. The molecule has 1 aliphatic carbocycles. The molecule has 0 spiro atoms. The monoisotopic (exact) mass is 440 g/mol. The molecular weight excluding hydrogens is 416 g/mol. The summed E-state index contributed by atoms with van der Waals surface area (Å²) in [4.78, 5) is 26.5. The Hall–Kier alpha value is -4.22. The molecule has 4 rings (SSSR count). The van der Waals surface area contributed by atoms with Gasteiger partial charge in [0, 0.05) is 41.7 Å². The standard InChI is InChI=1S/C25H24N6O2/c1-16(27)24(32)29-20-7-5-18(6-8-20)22-15-28-31-12-11-19(13-23(22)31)25(33)30(2)21-9-3-17(14-26)4-10-21/h3-5,7-13,15-16,18H,6,27H2,1-2H3,(H,29,32). The van der Waals surface area contributed by atoms with Crippen LogP contribution in [0, 0.1) is 11.3 Å². The Bertz CT molecular complexity index is 1310. The van der Waals surface area contributed by atoms with Crippen LogP contribution in [-0.4, -0.2) is 34.5 Å². The van der Waals surface area contributed by atoms with Gasteiger partial charge in [-0.2, -0.15) is 10.4 Å².